The Kier molecular flexibility index (Phi) is 5.42. The highest BCUT2D eigenvalue weighted by atomic mass is 19.4. The summed E-state index contributed by atoms with van der Waals surface area (Å²) in [5.41, 5.74) is 1.44. The minimum atomic E-state index is -4.36. The fraction of sp³-hybridized carbons (Fsp3) is 0.125. The van der Waals surface area contributed by atoms with Crippen molar-refractivity contribution in [2.45, 2.75) is 12.6 Å². The number of nitrogens with one attached hydrogen (secondary N) is 1. The van der Waals surface area contributed by atoms with Crippen LogP contribution in [0.15, 0.2) is 82.0 Å². The molecule has 0 radical (unpaired) electrons. The lowest BCUT2D eigenvalue weighted by Crippen LogP contribution is -2.08. The van der Waals surface area contributed by atoms with E-state index in [9.17, 15) is 23.1 Å². The van der Waals surface area contributed by atoms with Gasteiger partial charge >= 0.3 is 6.18 Å². The maximum absolute atomic E-state index is 12.7. The van der Waals surface area contributed by atoms with Gasteiger partial charge in [-0.15, -0.1) is 0 Å². The number of hydrogen-bond acceptors (Lipinski definition) is 4. The highest BCUT2D eigenvalue weighted by Gasteiger charge is 2.29. The predicted octanol–water partition coefficient (Wildman–Crippen LogP) is 5.84. The van der Waals surface area contributed by atoms with Crippen LogP contribution in [0.25, 0.3) is 22.3 Å². The van der Waals surface area contributed by atoms with Crippen molar-refractivity contribution in [2.24, 2.45) is 0 Å². The van der Waals surface area contributed by atoms with Gasteiger partial charge in [0, 0.05) is 23.9 Å². The summed E-state index contributed by atoms with van der Waals surface area (Å²) < 4.78 is 44.0. The number of alkyl halides is 3. The molecule has 0 aliphatic carbocycles. The van der Waals surface area contributed by atoms with Crippen LogP contribution in [0.4, 0.5) is 18.9 Å². The van der Waals surface area contributed by atoms with Gasteiger partial charge in [-0.2, -0.15) is 13.2 Å². The summed E-state index contributed by atoms with van der Waals surface area (Å²) in [5.74, 6) is 0.315. The molecule has 0 bridgehead atoms. The van der Waals surface area contributed by atoms with E-state index in [4.69, 9.17) is 4.42 Å². The van der Waals surface area contributed by atoms with Crippen molar-refractivity contribution in [3.8, 4) is 17.1 Å². The van der Waals surface area contributed by atoms with E-state index < -0.39 is 11.7 Å². The van der Waals surface area contributed by atoms with Crippen LogP contribution in [0.2, 0.25) is 0 Å². The number of halogens is 3. The first kappa shape index (κ1) is 20.5. The SMILES string of the molecule is O=c1cc(-c2cc(O)ccc2NCCc2ccc(C(F)(F)F)cc2)oc2ccccc12. The fourth-order valence-electron chi connectivity index (χ4n) is 3.33. The number of aromatic hydroxyl groups is 1. The average Bonchev–Trinajstić information content (AvgIpc) is 2.74. The molecule has 2 N–H and O–H groups in total. The van der Waals surface area contributed by atoms with Gasteiger partial charge in [0.15, 0.2) is 5.43 Å². The smallest absolute Gasteiger partial charge is 0.416 e. The number of anilines is 1. The number of hydrogen-bond donors (Lipinski definition) is 2. The Morgan fingerprint density at radius 3 is 2.42 bits per heavy atom. The largest absolute Gasteiger partial charge is 0.508 e. The van der Waals surface area contributed by atoms with Crippen LogP contribution in [0.3, 0.4) is 0 Å². The molecule has 0 fully saturated rings. The molecule has 0 saturated carbocycles. The molecular formula is C24H18F3NO3. The zero-order valence-electron chi connectivity index (χ0n) is 16.2. The molecule has 4 aromatic rings. The molecule has 4 nitrogen and oxygen atoms in total. The summed E-state index contributed by atoms with van der Waals surface area (Å²) in [5, 5.41) is 13.6. The van der Waals surface area contributed by atoms with Gasteiger partial charge < -0.3 is 14.8 Å². The molecule has 1 heterocycles. The van der Waals surface area contributed by atoms with Crippen molar-refractivity contribution in [3.63, 3.8) is 0 Å². The Hall–Kier alpha value is -3.74. The number of fused-ring (bicyclic) bond motifs is 1. The van der Waals surface area contributed by atoms with E-state index in [1.807, 2.05) is 0 Å². The van der Waals surface area contributed by atoms with Gasteiger partial charge in [0.25, 0.3) is 0 Å². The van der Waals surface area contributed by atoms with E-state index in [-0.39, 0.29) is 11.2 Å². The molecule has 4 rings (SSSR count). The van der Waals surface area contributed by atoms with E-state index in [1.165, 1.54) is 30.3 Å². The van der Waals surface area contributed by atoms with Gasteiger partial charge in [-0.25, -0.2) is 0 Å². The summed E-state index contributed by atoms with van der Waals surface area (Å²) in [6.07, 6.45) is -3.87. The summed E-state index contributed by atoms with van der Waals surface area (Å²) in [6, 6.07) is 17.9. The van der Waals surface area contributed by atoms with Crippen LogP contribution in [-0.4, -0.2) is 11.7 Å². The second-order valence-corrected chi connectivity index (χ2v) is 7.07. The molecule has 7 heteroatoms. The van der Waals surface area contributed by atoms with Crippen LogP contribution in [0, 0.1) is 0 Å². The highest BCUT2D eigenvalue weighted by Crippen LogP contribution is 2.32. The Morgan fingerprint density at radius 1 is 0.935 bits per heavy atom. The third-order valence-corrected chi connectivity index (χ3v) is 4.91. The Labute approximate surface area is 175 Å². The normalized spacial score (nSPS) is 11.6. The molecule has 0 amide bonds. The van der Waals surface area contributed by atoms with Gasteiger partial charge in [-0.3, -0.25) is 4.79 Å². The van der Waals surface area contributed by atoms with Crippen molar-refractivity contribution >= 4 is 16.7 Å². The van der Waals surface area contributed by atoms with E-state index in [1.54, 1.807) is 30.3 Å². The predicted molar refractivity (Wildman–Crippen MR) is 113 cm³/mol. The van der Waals surface area contributed by atoms with Crippen LogP contribution in [-0.2, 0) is 12.6 Å². The highest BCUT2D eigenvalue weighted by molar-refractivity contribution is 5.82. The number of benzene rings is 3. The van der Waals surface area contributed by atoms with Crippen molar-refractivity contribution < 1.29 is 22.7 Å². The van der Waals surface area contributed by atoms with E-state index in [2.05, 4.69) is 5.32 Å². The van der Waals surface area contributed by atoms with Gasteiger partial charge in [0.2, 0.25) is 0 Å². The third-order valence-electron chi connectivity index (χ3n) is 4.91. The molecule has 0 spiro atoms. The van der Waals surface area contributed by atoms with Crippen LogP contribution >= 0.6 is 0 Å². The van der Waals surface area contributed by atoms with Crippen molar-refractivity contribution in [2.75, 3.05) is 11.9 Å². The quantitative estimate of drug-likeness (QED) is 0.395. The van der Waals surface area contributed by atoms with Crippen molar-refractivity contribution in [3.05, 3.63) is 94.1 Å². The summed E-state index contributed by atoms with van der Waals surface area (Å²) >= 11 is 0. The second kappa shape index (κ2) is 8.18. The molecule has 1 aromatic heterocycles. The Bertz CT molecular complexity index is 1280. The summed E-state index contributed by atoms with van der Waals surface area (Å²) in [4.78, 5) is 12.4. The van der Waals surface area contributed by atoms with Gasteiger partial charge in [-0.1, -0.05) is 24.3 Å². The molecule has 0 atom stereocenters. The fourth-order valence-corrected chi connectivity index (χ4v) is 3.33. The van der Waals surface area contributed by atoms with Crippen LogP contribution < -0.4 is 10.7 Å². The van der Waals surface area contributed by atoms with Gasteiger partial charge in [-0.05, 0) is 54.4 Å². The molecule has 31 heavy (non-hydrogen) atoms. The molecule has 0 unspecified atom stereocenters. The zero-order valence-corrected chi connectivity index (χ0v) is 16.2. The van der Waals surface area contributed by atoms with E-state index >= 15 is 0 Å². The lowest BCUT2D eigenvalue weighted by Gasteiger charge is -2.13. The first-order valence-electron chi connectivity index (χ1n) is 9.57. The number of phenols is 1. The monoisotopic (exact) mass is 425 g/mol. The maximum atomic E-state index is 12.7. The molecule has 0 aliphatic heterocycles. The first-order valence-corrected chi connectivity index (χ1v) is 9.57. The van der Waals surface area contributed by atoms with Gasteiger partial charge in [0.05, 0.1) is 10.9 Å². The maximum Gasteiger partial charge on any atom is 0.416 e. The minimum Gasteiger partial charge on any atom is -0.508 e. The van der Waals surface area contributed by atoms with Gasteiger partial charge in [0.1, 0.15) is 17.1 Å². The second-order valence-electron chi connectivity index (χ2n) is 7.07. The number of phenolic OH excluding ortho intramolecular Hbond substituents is 1. The molecule has 158 valence electrons. The van der Waals surface area contributed by atoms with E-state index in [0.29, 0.717) is 40.9 Å². The van der Waals surface area contributed by atoms with Crippen LogP contribution in [0.5, 0.6) is 5.75 Å². The average molecular weight is 425 g/mol. The molecular weight excluding hydrogens is 407 g/mol. The molecule has 0 aliphatic rings. The lowest BCUT2D eigenvalue weighted by atomic mass is 10.1. The lowest BCUT2D eigenvalue weighted by molar-refractivity contribution is -0.137. The topological polar surface area (TPSA) is 62.5 Å². The number of rotatable bonds is 5. The standard InChI is InChI=1S/C24H18F3NO3/c25-24(26,27)16-7-5-15(6-8-16)11-12-28-20-10-9-17(29)13-19(20)23-14-21(30)18-3-1-2-4-22(18)31-23/h1-10,13-14,28-29H,11-12H2. The minimum absolute atomic E-state index is 0.0131. The van der Waals surface area contributed by atoms with Crippen molar-refractivity contribution in [1.29, 1.82) is 0 Å². The first-order chi connectivity index (χ1) is 14.8. The summed E-state index contributed by atoms with van der Waals surface area (Å²) in [7, 11) is 0. The Balaban J connectivity index is 1.56. The third kappa shape index (κ3) is 4.55. The zero-order chi connectivity index (χ0) is 22.0. The van der Waals surface area contributed by atoms with Crippen LogP contribution in [0.1, 0.15) is 11.1 Å². The number of para-hydroxylation sites is 1. The Morgan fingerprint density at radius 2 is 1.68 bits per heavy atom. The van der Waals surface area contributed by atoms with Crippen molar-refractivity contribution in [1.82, 2.24) is 0 Å². The molecule has 0 saturated heterocycles. The van der Waals surface area contributed by atoms with E-state index in [0.717, 1.165) is 17.7 Å². The summed E-state index contributed by atoms with van der Waals surface area (Å²) in [6.45, 7) is 0.432. The molecule has 3 aromatic carbocycles.